The van der Waals surface area contributed by atoms with E-state index in [-0.39, 0.29) is 11.9 Å². The van der Waals surface area contributed by atoms with E-state index in [2.05, 4.69) is 43.4 Å². The second kappa shape index (κ2) is 10.9. The van der Waals surface area contributed by atoms with Crippen LogP contribution in [0, 0.1) is 6.92 Å². The van der Waals surface area contributed by atoms with Gasteiger partial charge in [-0.2, -0.15) is 0 Å². The highest BCUT2D eigenvalue weighted by Crippen LogP contribution is 2.30. The summed E-state index contributed by atoms with van der Waals surface area (Å²) in [6.45, 7) is 6.77. The lowest BCUT2D eigenvalue weighted by molar-refractivity contribution is -0.119. The molecule has 0 aromatic heterocycles. The van der Waals surface area contributed by atoms with Crippen LogP contribution < -0.4 is 14.8 Å². The van der Waals surface area contributed by atoms with E-state index in [1.165, 1.54) is 11.1 Å². The number of methoxy groups -OCH3 is 1. The van der Waals surface area contributed by atoms with Crippen LogP contribution in [0.4, 0.5) is 0 Å². The lowest BCUT2D eigenvalue weighted by atomic mass is 10.1. The van der Waals surface area contributed by atoms with Crippen molar-refractivity contribution in [1.82, 2.24) is 5.32 Å². The van der Waals surface area contributed by atoms with E-state index < -0.39 is 0 Å². The third-order valence-electron chi connectivity index (χ3n) is 4.11. The maximum absolute atomic E-state index is 12.3. The van der Waals surface area contributed by atoms with Crippen molar-refractivity contribution < 1.29 is 14.3 Å². The van der Waals surface area contributed by atoms with Crippen molar-refractivity contribution in [2.75, 3.05) is 19.5 Å². The Labute approximate surface area is 166 Å². The van der Waals surface area contributed by atoms with Gasteiger partial charge < -0.3 is 14.8 Å². The summed E-state index contributed by atoms with van der Waals surface area (Å²) in [5, 5.41) is 3.05. The zero-order valence-electron chi connectivity index (χ0n) is 16.6. The summed E-state index contributed by atoms with van der Waals surface area (Å²) in [6.07, 6.45) is 0.942. The lowest BCUT2D eigenvalue weighted by Crippen LogP contribution is -2.28. The van der Waals surface area contributed by atoms with Crippen LogP contribution in [0.25, 0.3) is 0 Å². The highest BCUT2D eigenvalue weighted by molar-refractivity contribution is 7.99. The largest absolute Gasteiger partial charge is 0.493 e. The number of hydrogen-bond donors (Lipinski definition) is 1. The van der Waals surface area contributed by atoms with Crippen LogP contribution in [0.15, 0.2) is 42.5 Å². The van der Waals surface area contributed by atoms with Crippen LogP contribution in [0.3, 0.4) is 0 Å². The van der Waals surface area contributed by atoms with Crippen LogP contribution in [-0.2, 0) is 10.5 Å². The molecule has 1 N–H and O–H groups in total. The Kier molecular flexibility index (Phi) is 8.52. The molecule has 2 rings (SSSR count). The molecule has 27 heavy (non-hydrogen) atoms. The molecule has 1 atom stereocenters. The number of aryl methyl sites for hydroxylation is 1. The standard InChI is InChI=1S/C22H29NO3S/c1-5-11-26-20-10-9-19(13-21(20)25-4)17(3)23-22(24)15-27-14-18-8-6-7-16(2)12-18/h6-10,12-13,17H,5,11,14-15H2,1-4H3,(H,23,24). The molecule has 0 saturated heterocycles. The molecule has 0 aliphatic rings. The quantitative estimate of drug-likeness (QED) is 0.630. The zero-order valence-corrected chi connectivity index (χ0v) is 17.4. The summed E-state index contributed by atoms with van der Waals surface area (Å²) < 4.78 is 11.1. The lowest BCUT2D eigenvalue weighted by Gasteiger charge is -2.17. The first-order valence-corrected chi connectivity index (χ1v) is 10.4. The normalized spacial score (nSPS) is 11.7. The van der Waals surface area contributed by atoms with Gasteiger partial charge in [0.2, 0.25) is 5.91 Å². The van der Waals surface area contributed by atoms with Gasteiger partial charge in [-0.25, -0.2) is 0 Å². The van der Waals surface area contributed by atoms with Gasteiger partial charge in [0.15, 0.2) is 11.5 Å². The smallest absolute Gasteiger partial charge is 0.230 e. The SMILES string of the molecule is CCCOc1ccc(C(C)NC(=O)CSCc2cccc(C)c2)cc1OC. The molecule has 146 valence electrons. The first kappa shape index (κ1) is 21.2. The molecule has 1 unspecified atom stereocenters. The minimum atomic E-state index is -0.0915. The number of ether oxygens (including phenoxy) is 2. The monoisotopic (exact) mass is 387 g/mol. The van der Waals surface area contributed by atoms with Crippen molar-refractivity contribution in [1.29, 1.82) is 0 Å². The van der Waals surface area contributed by atoms with Crippen LogP contribution in [-0.4, -0.2) is 25.4 Å². The van der Waals surface area contributed by atoms with Gasteiger partial charge in [-0.05, 0) is 43.5 Å². The number of benzene rings is 2. The molecule has 0 spiro atoms. The molecule has 0 saturated carbocycles. The topological polar surface area (TPSA) is 47.6 Å². The first-order valence-electron chi connectivity index (χ1n) is 9.26. The van der Waals surface area contributed by atoms with Crippen molar-refractivity contribution >= 4 is 17.7 Å². The molecule has 0 aliphatic carbocycles. The molecule has 0 radical (unpaired) electrons. The molecule has 0 fully saturated rings. The Morgan fingerprint density at radius 3 is 2.70 bits per heavy atom. The molecule has 1 amide bonds. The Hall–Kier alpha value is -2.14. The summed E-state index contributed by atoms with van der Waals surface area (Å²) >= 11 is 1.62. The maximum atomic E-state index is 12.3. The van der Waals surface area contributed by atoms with Gasteiger partial charge in [-0.15, -0.1) is 11.8 Å². The number of thioether (sulfide) groups is 1. The fourth-order valence-electron chi connectivity index (χ4n) is 2.71. The fraction of sp³-hybridized carbons (Fsp3) is 0.409. The second-order valence-electron chi connectivity index (χ2n) is 6.53. The van der Waals surface area contributed by atoms with Gasteiger partial charge in [-0.1, -0.05) is 42.8 Å². The molecular weight excluding hydrogens is 358 g/mol. The van der Waals surface area contributed by atoms with E-state index in [0.717, 1.165) is 23.5 Å². The van der Waals surface area contributed by atoms with Gasteiger partial charge in [0, 0.05) is 5.75 Å². The summed E-state index contributed by atoms with van der Waals surface area (Å²) in [4.78, 5) is 12.3. The molecule has 0 aliphatic heterocycles. The summed E-state index contributed by atoms with van der Waals surface area (Å²) in [7, 11) is 1.63. The van der Waals surface area contributed by atoms with Crippen molar-refractivity contribution in [3.05, 3.63) is 59.2 Å². The Morgan fingerprint density at radius 1 is 1.19 bits per heavy atom. The Morgan fingerprint density at radius 2 is 2.00 bits per heavy atom. The van der Waals surface area contributed by atoms with E-state index in [0.29, 0.717) is 18.1 Å². The first-order chi connectivity index (χ1) is 13.0. The molecule has 0 bridgehead atoms. The zero-order chi connectivity index (χ0) is 19.6. The fourth-order valence-corrected chi connectivity index (χ4v) is 3.50. The van der Waals surface area contributed by atoms with E-state index in [4.69, 9.17) is 9.47 Å². The average molecular weight is 388 g/mol. The molecule has 2 aromatic carbocycles. The van der Waals surface area contributed by atoms with Gasteiger partial charge in [0.1, 0.15) is 0 Å². The molecule has 5 heteroatoms. The number of carbonyl (C=O) groups excluding carboxylic acids is 1. The highest BCUT2D eigenvalue weighted by Gasteiger charge is 2.13. The van der Waals surface area contributed by atoms with Crippen LogP contribution in [0.1, 0.15) is 43.0 Å². The van der Waals surface area contributed by atoms with E-state index >= 15 is 0 Å². The van der Waals surface area contributed by atoms with Gasteiger partial charge in [0.25, 0.3) is 0 Å². The molecule has 0 heterocycles. The Balaban J connectivity index is 1.86. The van der Waals surface area contributed by atoms with E-state index in [1.807, 2.05) is 25.1 Å². The summed E-state index contributed by atoms with van der Waals surface area (Å²) in [5.74, 6) is 2.73. The highest BCUT2D eigenvalue weighted by atomic mass is 32.2. The van der Waals surface area contributed by atoms with E-state index in [9.17, 15) is 4.79 Å². The maximum Gasteiger partial charge on any atom is 0.230 e. The van der Waals surface area contributed by atoms with Crippen molar-refractivity contribution in [3.63, 3.8) is 0 Å². The minimum Gasteiger partial charge on any atom is -0.493 e. The number of amides is 1. The number of hydrogen-bond acceptors (Lipinski definition) is 4. The van der Waals surface area contributed by atoms with Crippen molar-refractivity contribution in [2.45, 2.75) is 39.0 Å². The number of rotatable bonds is 10. The molecule has 4 nitrogen and oxygen atoms in total. The second-order valence-corrected chi connectivity index (χ2v) is 7.52. The third kappa shape index (κ3) is 6.83. The third-order valence-corrected chi connectivity index (χ3v) is 5.12. The predicted molar refractivity (Wildman–Crippen MR) is 113 cm³/mol. The molecule has 2 aromatic rings. The van der Waals surface area contributed by atoms with Gasteiger partial charge in [0.05, 0.1) is 25.5 Å². The van der Waals surface area contributed by atoms with Crippen molar-refractivity contribution in [2.24, 2.45) is 0 Å². The van der Waals surface area contributed by atoms with Gasteiger partial charge in [-0.3, -0.25) is 4.79 Å². The average Bonchev–Trinajstić information content (AvgIpc) is 2.66. The number of carbonyl (C=O) groups is 1. The summed E-state index contributed by atoms with van der Waals surface area (Å²) in [5.41, 5.74) is 3.48. The number of nitrogens with one attached hydrogen (secondary N) is 1. The van der Waals surface area contributed by atoms with Crippen LogP contribution in [0.5, 0.6) is 11.5 Å². The van der Waals surface area contributed by atoms with Crippen LogP contribution in [0.2, 0.25) is 0 Å². The van der Waals surface area contributed by atoms with E-state index in [1.54, 1.807) is 18.9 Å². The Bertz CT molecular complexity index is 748. The van der Waals surface area contributed by atoms with Crippen LogP contribution >= 0.6 is 11.8 Å². The van der Waals surface area contributed by atoms with Gasteiger partial charge >= 0.3 is 0 Å². The van der Waals surface area contributed by atoms with Crippen molar-refractivity contribution in [3.8, 4) is 11.5 Å². The molecular formula is C22H29NO3S. The predicted octanol–water partition coefficient (Wildman–Crippen LogP) is 4.90. The minimum absolute atomic E-state index is 0.0328. The summed E-state index contributed by atoms with van der Waals surface area (Å²) in [6, 6.07) is 14.1.